The quantitative estimate of drug-likeness (QED) is 0.755. The number of hydrogen-bond acceptors (Lipinski definition) is 4. The van der Waals surface area contributed by atoms with Gasteiger partial charge in [0.2, 0.25) is 10.0 Å². The van der Waals surface area contributed by atoms with Crippen LogP contribution in [0.1, 0.15) is 18.4 Å². The average molecular weight is 268 g/mol. The molecular weight excluding hydrogens is 252 g/mol. The van der Waals surface area contributed by atoms with Gasteiger partial charge in [-0.3, -0.25) is 0 Å². The van der Waals surface area contributed by atoms with E-state index < -0.39 is 10.0 Å². The minimum atomic E-state index is -3.52. The fourth-order valence-corrected chi connectivity index (χ4v) is 2.51. The van der Waals surface area contributed by atoms with Crippen LogP contribution in [-0.4, -0.2) is 28.7 Å². The van der Waals surface area contributed by atoms with E-state index in [9.17, 15) is 8.42 Å². The Morgan fingerprint density at radius 2 is 2.17 bits per heavy atom. The number of methoxy groups -OCH3 is 1. The second kappa shape index (κ2) is 7.11. The molecule has 1 rings (SSSR count). The predicted molar refractivity (Wildman–Crippen MR) is 67.5 cm³/mol. The lowest BCUT2D eigenvalue weighted by Gasteiger charge is -2.06. The Labute approximate surface area is 107 Å². The Morgan fingerprint density at radius 1 is 1.39 bits per heavy atom. The zero-order chi connectivity index (χ0) is 13.4. The second-order valence-electron chi connectivity index (χ2n) is 3.74. The predicted octanol–water partition coefficient (Wildman–Crippen LogP) is 1.26. The minimum absolute atomic E-state index is 0.119. The lowest BCUT2D eigenvalue weighted by atomic mass is 10.2. The van der Waals surface area contributed by atoms with Gasteiger partial charge in [0.1, 0.15) is 0 Å². The molecule has 0 unspecified atom stereocenters. The number of hydrogen-bond donors (Lipinski definition) is 1. The van der Waals surface area contributed by atoms with Gasteiger partial charge in [0.15, 0.2) is 0 Å². The number of benzene rings is 1. The highest BCUT2D eigenvalue weighted by Gasteiger charge is 2.13. The first-order valence-electron chi connectivity index (χ1n) is 5.59. The monoisotopic (exact) mass is 268 g/mol. The van der Waals surface area contributed by atoms with E-state index in [0.29, 0.717) is 25.1 Å². The van der Waals surface area contributed by atoms with Gasteiger partial charge in [-0.05, 0) is 31.0 Å². The molecule has 1 aromatic carbocycles. The van der Waals surface area contributed by atoms with Crippen molar-refractivity contribution >= 4 is 10.0 Å². The lowest BCUT2D eigenvalue weighted by molar-refractivity contribution is 0.193. The number of rotatable bonds is 7. The van der Waals surface area contributed by atoms with Gasteiger partial charge in [-0.25, -0.2) is 13.1 Å². The number of ether oxygens (including phenoxy) is 1. The molecule has 0 spiro atoms. The van der Waals surface area contributed by atoms with Crippen LogP contribution in [0.2, 0.25) is 0 Å². The van der Waals surface area contributed by atoms with Crippen LogP contribution in [0, 0.1) is 11.3 Å². The van der Waals surface area contributed by atoms with Crippen molar-refractivity contribution in [3.05, 3.63) is 29.8 Å². The molecule has 6 heteroatoms. The van der Waals surface area contributed by atoms with Crippen LogP contribution >= 0.6 is 0 Å². The topological polar surface area (TPSA) is 79.2 Å². The van der Waals surface area contributed by atoms with E-state index in [2.05, 4.69) is 4.72 Å². The molecule has 0 radical (unpaired) electrons. The lowest BCUT2D eigenvalue weighted by Crippen LogP contribution is -2.25. The zero-order valence-electron chi connectivity index (χ0n) is 10.2. The van der Waals surface area contributed by atoms with Crippen molar-refractivity contribution in [2.75, 3.05) is 20.3 Å². The first-order chi connectivity index (χ1) is 8.60. The first kappa shape index (κ1) is 14.6. The Balaban J connectivity index is 2.60. The number of unbranched alkanes of at least 4 members (excludes halogenated alkanes) is 1. The molecule has 5 nitrogen and oxygen atoms in total. The maximum Gasteiger partial charge on any atom is 0.240 e. The molecule has 0 aliphatic rings. The van der Waals surface area contributed by atoms with Gasteiger partial charge in [0, 0.05) is 20.3 Å². The van der Waals surface area contributed by atoms with Crippen LogP contribution < -0.4 is 4.72 Å². The van der Waals surface area contributed by atoms with Crippen molar-refractivity contribution in [3.8, 4) is 6.07 Å². The van der Waals surface area contributed by atoms with E-state index >= 15 is 0 Å². The first-order valence-corrected chi connectivity index (χ1v) is 7.07. The summed E-state index contributed by atoms with van der Waals surface area (Å²) in [6.45, 7) is 0.980. The molecule has 0 amide bonds. The number of nitrogens with zero attached hydrogens (tertiary/aromatic N) is 1. The maximum atomic E-state index is 11.9. The van der Waals surface area contributed by atoms with Crippen molar-refractivity contribution in [2.45, 2.75) is 17.7 Å². The smallest absolute Gasteiger partial charge is 0.240 e. The molecule has 0 aliphatic heterocycles. The molecule has 98 valence electrons. The molecule has 0 bridgehead atoms. The molecule has 0 saturated carbocycles. The summed E-state index contributed by atoms with van der Waals surface area (Å²) >= 11 is 0. The molecule has 1 aromatic rings. The standard InChI is InChI=1S/C12H16N2O3S/c1-17-8-3-2-7-14-18(15,16)12-6-4-5-11(9-12)10-13/h4-6,9,14H,2-3,7-8H2,1H3. The summed E-state index contributed by atoms with van der Waals surface area (Å²) < 4.78 is 31.1. The van der Waals surface area contributed by atoms with Crippen LogP contribution in [0.25, 0.3) is 0 Å². The zero-order valence-corrected chi connectivity index (χ0v) is 11.0. The molecule has 18 heavy (non-hydrogen) atoms. The molecule has 0 heterocycles. The highest BCUT2D eigenvalue weighted by atomic mass is 32.2. The van der Waals surface area contributed by atoms with Crippen LogP contribution in [0.3, 0.4) is 0 Å². The van der Waals surface area contributed by atoms with E-state index in [1.807, 2.05) is 6.07 Å². The number of nitriles is 1. The summed E-state index contributed by atoms with van der Waals surface area (Å²) in [5.41, 5.74) is 0.331. The Hall–Kier alpha value is -1.42. The van der Waals surface area contributed by atoms with Crippen LogP contribution in [-0.2, 0) is 14.8 Å². The normalized spacial score (nSPS) is 11.1. The van der Waals surface area contributed by atoms with Crippen molar-refractivity contribution < 1.29 is 13.2 Å². The molecule has 0 aromatic heterocycles. The molecule has 0 atom stereocenters. The average Bonchev–Trinajstić information content (AvgIpc) is 2.38. The number of nitrogens with one attached hydrogen (secondary N) is 1. The molecule has 0 aliphatic carbocycles. The van der Waals surface area contributed by atoms with Crippen LogP contribution in [0.15, 0.2) is 29.2 Å². The van der Waals surface area contributed by atoms with Gasteiger partial charge in [-0.15, -0.1) is 0 Å². The SMILES string of the molecule is COCCCCNS(=O)(=O)c1cccc(C#N)c1. The number of sulfonamides is 1. The van der Waals surface area contributed by atoms with Gasteiger partial charge in [-0.1, -0.05) is 6.07 Å². The van der Waals surface area contributed by atoms with Crippen molar-refractivity contribution in [1.29, 1.82) is 5.26 Å². The van der Waals surface area contributed by atoms with Crippen LogP contribution in [0.5, 0.6) is 0 Å². The summed E-state index contributed by atoms with van der Waals surface area (Å²) in [6, 6.07) is 7.86. The minimum Gasteiger partial charge on any atom is -0.385 e. The molecular formula is C12H16N2O3S. The van der Waals surface area contributed by atoms with Crippen molar-refractivity contribution in [1.82, 2.24) is 4.72 Å². The van der Waals surface area contributed by atoms with Gasteiger partial charge < -0.3 is 4.74 Å². The molecule has 1 N–H and O–H groups in total. The molecule has 0 saturated heterocycles. The summed E-state index contributed by atoms with van der Waals surface area (Å²) in [4.78, 5) is 0.119. The Kier molecular flexibility index (Phi) is 5.78. The highest BCUT2D eigenvalue weighted by Crippen LogP contribution is 2.10. The Bertz CT molecular complexity index is 520. The highest BCUT2D eigenvalue weighted by molar-refractivity contribution is 7.89. The van der Waals surface area contributed by atoms with E-state index in [-0.39, 0.29) is 4.90 Å². The van der Waals surface area contributed by atoms with Crippen molar-refractivity contribution in [3.63, 3.8) is 0 Å². The molecule has 0 fully saturated rings. The van der Waals surface area contributed by atoms with Gasteiger partial charge >= 0.3 is 0 Å². The maximum absolute atomic E-state index is 11.9. The van der Waals surface area contributed by atoms with E-state index in [1.54, 1.807) is 19.2 Å². The van der Waals surface area contributed by atoms with Gasteiger partial charge in [0.05, 0.1) is 16.5 Å². The van der Waals surface area contributed by atoms with Crippen molar-refractivity contribution in [2.24, 2.45) is 0 Å². The third-order valence-electron chi connectivity index (χ3n) is 2.34. The second-order valence-corrected chi connectivity index (χ2v) is 5.50. The fraction of sp³-hybridized carbons (Fsp3) is 0.417. The third-order valence-corrected chi connectivity index (χ3v) is 3.80. The largest absolute Gasteiger partial charge is 0.385 e. The third kappa shape index (κ3) is 4.45. The Morgan fingerprint density at radius 3 is 2.83 bits per heavy atom. The summed E-state index contributed by atoms with van der Waals surface area (Å²) in [5, 5.41) is 8.72. The van der Waals surface area contributed by atoms with Crippen LogP contribution in [0.4, 0.5) is 0 Å². The summed E-state index contributed by atoms with van der Waals surface area (Å²) in [7, 11) is -1.91. The van der Waals surface area contributed by atoms with E-state index in [4.69, 9.17) is 10.00 Å². The van der Waals surface area contributed by atoms with Gasteiger partial charge in [0.25, 0.3) is 0 Å². The fourth-order valence-electron chi connectivity index (χ4n) is 1.39. The van der Waals surface area contributed by atoms with E-state index in [1.165, 1.54) is 12.1 Å². The van der Waals surface area contributed by atoms with Gasteiger partial charge in [-0.2, -0.15) is 5.26 Å². The summed E-state index contributed by atoms with van der Waals surface area (Å²) in [6.07, 6.45) is 1.52. The van der Waals surface area contributed by atoms with E-state index in [0.717, 1.165) is 6.42 Å². The summed E-state index contributed by atoms with van der Waals surface area (Å²) in [5.74, 6) is 0.